The van der Waals surface area contributed by atoms with Gasteiger partial charge in [0.15, 0.2) is 11.6 Å². The van der Waals surface area contributed by atoms with Gasteiger partial charge in [-0.05, 0) is 43.1 Å². The molecule has 11 heteroatoms. The van der Waals surface area contributed by atoms with Crippen molar-refractivity contribution in [3.63, 3.8) is 0 Å². The van der Waals surface area contributed by atoms with Crippen LogP contribution in [0.2, 0.25) is 0 Å². The first-order valence-corrected chi connectivity index (χ1v) is 14.1. The Kier molecular flexibility index (Phi) is 6.73. The first-order chi connectivity index (χ1) is 20.0. The van der Waals surface area contributed by atoms with Gasteiger partial charge in [0, 0.05) is 55.2 Å². The number of ether oxygens (including phenoxy) is 3. The Labute approximate surface area is 243 Å². The molecule has 1 amide bonds. The molecule has 9 nitrogen and oxygen atoms in total. The van der Waals surface area contributed by atoms with Gasteiger partial charge in [0.05, 0.1) is 19.7 Å². The molecular formula is C31H35F2N3O6. The number of likely N-dealkylation sites (N-methyl/N-ethyl adjacent to an activating group) is 1. The van der Waals surface area contributed by atoms with Crippen LogP contribution in [0.1, 0.15) is 32.3 Å². The summed E-state index contributed by atoms with van der Waals surface area (Å²) in [4.78, 5) is 30.0. The van der Waals surface area contributed by atoms with Crippen molar-refractivity contribution in [3.05, 3.63) is 65.7 Å². The average Bonchev–Trinajstić information content (AvgIpc) is 3.48. The molecule has 0 radical (unpaired) electrons. The van der Waals surface area contributed by atoms with E-state index in [9.17, 15) is 23.5 Å². The summed E-state index contributed by atoms with van der Waals surface area (Å²) in [6.45, 7) is 4.52. The van der Waals surface area contributed by atoms with Crippen molar-refractivity contribution >= 4 is 17.7 Å². The van der Waals surface area contributed by atoms with E-state index in [4.69, 9.17) is 14.2 Å². The zero-order chi connectivity index (χ0) is 30.0. The van der Waals surface area contributed by atoms with E-state index in [1.807, 2.05) is 31.0 Å². The lowest BCUT2D eigenvalue weighted by Crippen LogP contribution is -2.81. The minimum absolute atomic E-state index is 0.0964. The second-order valence-electron chi connectivity index (χ2n) is 11.8. The molecule has 2 N–H and O–H groups in total. The smallest absolute Gasteiger partial charge is 0.412 e. The summed E-state index contributed by atoms with van der Waals surface area (Å²) >= 11 is 0. The number of amides is 1. The van der Waals surface area contributed by atoms with Crippen LogP contribution in [0.3, 0.4) is 0 Å². The summed E-state index contributed by atoms with van der Waals surface area (Å²) in [7, 11) is 3.50. The maximum Gasteiger partial charge on any atom is 0.412 e. The van der Waals surface area contributed by atoms with Crippen LogP contribution in [0, 0.1) is 17.0 Å². The molecule has 1 saturated carbocycles. The topological polar surface area (TPSA) is 101 Å². The number of hydrogen-bond acceptors (Lipinski definition) is 8. The molecule has 0 aromatic heterocycles. The van der Waals surface area contributed by atoms with E-state index in [-0.39, 0.29) is 18.3 Å². The summed E-state index contributed by atoms with van der Waals surface area (Å²) in [5.74, 6) is -2.30. The summed E-state index contributed by atoms with van der Waals surface area (Å²) in [5.41, 5.74) is -1.19. The van der Waals surface area contributed by atoms with Gasteiger partial charge in [-0.1, -0.05) is 25.1 Å². The number of benzene rings is 2. The molecule has 1 aliphatic carbocycles. The molecule has 1 saturated heterocycles. The predicted octanol–water partition coefficient (Wildman–Crippen LogP) is 3.54. The SMILES string of the molecule is CC[C@]12C=CCN3CC[C@@]4(c5ccc(OC)cc5N(C)[C@H]4[C@@](O)(CNC(=O)Oc4ccc(F)c(F)c4)[C@@H]1OC(C)=O)[C@@H]32. The zero-order valence-electron chi connectivity index (χ0n) is 24.0. The highest BCUT2D eigenvalue weighted by molar-refractivity contribution is 5.73. The van der Waals surface area contributed by atoms with Crippen molar-refractivity contribution < 1.29 is 37.7 Å². The Bertz CT molecular complexity index is 1470. The van der Waals surface area contributed by atoms with E-state index in [0.717, 1.165) is 49.0 Å². The molecule has 0 unspecified atom stereocenters. The summed E-state index contributed by atoms with van der Waals surface area (Å²) in [6.07, 6.45) is 3.45. The van der Waals surface area contributed by atoms with Gasteiger partial charge in [0.25, 0.3) is 0 Å². The van der Waals surface area contributed by atoms with Crippen molar-refractivity contribution in [2.75, 3.05) is 38.7 Å². The molecule has 3 heterocycles. The lowest BCUT2D eigenvalue weighted by atomic mass is 9.47. The third kappa shape index (κ3) is 3.86. The van der Waals surface area contributed by atoms with Crippen LogP contribution in [0.25, 0.3) is 0 Å². The van der Waals surface area contributed by atoms with Crippen LogP contribution in [0.5, 0.6) is 11.5 Å². The van der Waals surface area contributed by atoms with E-state index in [1.165, 1.54) is 6.92 Å². The van der Waals surface area contributed by atoms with E-state index in [0.29, 0.717) is 12.2 Å². The molecular weight excluding hydrogens is 548 g/mol. The van der Waals surface area contributed by atoms with Crippen LogP contribution in [0.15, 0.2) is 48.6 Å². The lowest BCUT2D eigenvalue weighted by molar-refractivity contribution is -0.216. The molecule has 0 bridgehead atoms. The molecule has 4 aliphatic rings. The molecule has 6 atom stereocenters. The van der Waals surface area contributed by atoms with Crippen molar-refractivity contribution in [3.8, 4) is 11.5 Å². The number of esters is 1. The Morgan fingerprint density at radius 2 is 1.88 bits per heavy atom. The number of carbonyl (C=O) groups is 2. The van der Waals surface area contributed by atoms with Crippen molar-refractivity contribution in [2.24, 2.45) is 5.41 Å². The molecule has 224 valence electrons. The number of aliphatic hydroxyl groups is 1. The Balaban J connectivity index is 1.47. The third-order valence-corrected chi connectivity index (χ3v) is 9.83. The minimum Gasteiger partial charge on any atom is -0.497 e. The van der Waals surface area contributed by atoms with Gasteiger partial charge in [-0.3, -0.25) is 9.69 Å². The number of anilines is 1. The maximum absolute atomic E-state index is 13.7. The second kappa shape index (κ2) is 9.95. The van der Waals surface area contributed by atoms with Gasteiger partial charge in [-0.25, -0.2) is 13.6 Å². The van der Waals surface area contributed by atoms with Crippen LogP contribution in [-0.2, 0) is 14.9 Å². The van der Waals surface area contributed by atoms with Gasteiger partial charge < -0.3 is 29.5 Å². The van der Waals surface area contributed by atoms with Gasteiger partial charge in [0.2, 0.25) is 0 Å². The monoisotopic (exact) mass is 583 g/mol. The molecule has 3 aliphatic heterocycles. The van der Waals surface area contributed by atoms with Crippen LogP contribution in [-0.4, -0.2) is 79.6 Å². The van der Waals surface area contributed by atoms with Gasteiger partial charge in [-0.15, -0.1) is 0 Å². The fourth-order valence-corrected chi connectivity index (χ4v) is 8.54. The standard InChI is InChI=1S/C31H35F2N3O6/c1-5-29-11-6-13-36-14-12-30(25(29)36)21-9-7-19(40-4)16-24(21)35(3)26(30)31(39,27(29)41-18(2)37)17-34-28(38)42-20-8-10-22(32)23(33)15-20/h6-11,15-16,25-27,39H,5,12-14,17H2,1-4H3,(H,34,38)/t25-,26+,27+,29+,30+,31-/m0/s1. The molecule has 1 spiro atoms. The van der Waals surface area contributed by atoms with Gasteiger partial charge in [-0.2, -0.15) is 0 Å². The molecule has 2 aromatic rings. The number of fused-ring (bicyclic) bond motifs is 1. The molecule has 42 heavy (non-hydrogen) atoms. The molecule has 6 rings (SSSR count). The number of hydrogen-bond donors (Lipinski definition) is 2. The lowest BCUT2D eigenvalue weighted by Gasteiger charge is -2.64. The second-order valence-corrected chi connectivity index (χ2v) is 11.8. The highest BCUT2D eigenvalue weighted by Crippen LogP contribution is 2.67. The van der Waals surface area contributed by atoms with Crippen LogP contribution >= 0.6 is 0 Å². The Morgan fingerprint density at radius 1 is 1.12 bits per heavy atom. The predicted molar refractivity (Wildman–Crippen MR) is 150 cm³/mol. The van der Waals surface area contributed by atoms with Crippen LogP contribution in [0.4, 0.5) is 19.3 Å². The Morgan fingerprint density at radius 3 is 2.57 bits per heavy atom. The number of rotatable bonds is 6. The van der Waals surface area contributed by atoms with E-state index < -0.39 is 52.3 Å². The fraction of sp³-hybridized carbons (Fsp3) is 0.484. The summed E-state index contributed by atoms with van der Waals surface area (Å²) in [6, 6.07) is 7.99. The molecule has 2 fully saturated rings. The van der Waals surface area contributed by atoms with Crippen molar-refractivity contribution in [1.29, 1.82) is 0 Å². The fourth-order valence-electron chi connectivity index (χ4n) is 8.54. The maximum atomic E-state index is 13.7. The minimum atomic E-state index is -1.80. The Hall–Kier alpha value is -3.70. The van der Waals surface area contributed by atoms with E-state index >= 15 is 0 Å². The third-order valence-electron chi connectivity index (χ3n) is 9.83. The van der Waals surface area contributed by atoms with E-state index in [2.05, 4.69) is 28.4 Å². The highest BCUT2D eigenvalue weighted by atomic mass is 19.2. The number of halogens is 2. The van der Waals surface area contributed by atoms with Crippen LogP contribution < -0.4 is 19.7 Å². The summed E-state index contributed by atoms with van der Waals surface area (Å²) in [5, 5.41) is 15.6. The number of nitrogens with one attached hydrogen (secondary N) is 1. The number of carbonyl (C=O) groups excluding carboxylic acids is 2. The zero-order valence-corrected chi connectivity index (χ0v) is 24.0. The largest absolute Gasteiger partial charge is 0.497 e. The number of nitrogens with zero attached hydrogens (tertiary/aromatic N) is 2. The number of methoxy groups -OCH3 is 1. The van der Waals surface area contributed by atoms with Crippen molar-refractivity contribution in [1.82, 2.24) is 10.2 Å². The van der Waals surface area contributed by atoms with Crippen molar-refractivity contribution in [2.45, 2.75) is 55.9 Å². The first-order valence-electron chi connectivity index (χ1n) is 14.1. The quantitative estimate of drug-likeness (QED) is 0.394. The molecule has 2 aromatic carbocycles. The highest BCUT2D eigenvalue weighted by Gasteiger charge is 2.77. The van der Waals surface area contributed by atoms with Gasteiger partial charge in [0.1, 0.15) is 23.2 Å². The average molecular weight is 584 g/mol. The van der Waals surface area contributed by atoms with Gasteiger partial charge >= 0.3 is 12.1 Å². The van der Waals surface area contributed by atoms with E-state index in [1.54, 1.807) is 7.11 Å². The first kappa shape index (κ1) is 28.4. The summed E-state index contributed by atoms with van der Waals surface area (Å²) < 4.78 is 44.0. The normalized spacial score (nSPS) is 32.5.